The van der Waals surface area contributed by atoms with Crippen molar-refractivity contribution in [1.29, 1.82) is 0 Å². The average Bonchev–Trinajstić information content (AvgIpc) is 3.25. The minimum Gasteiger partial charge on any atom is -0.369 e. The van der Waals surface area contributed by atoms with Crippen LogP contribution in [0.15, 0.2) is 47.2 Å². The van der Waals surface area contributed by atoms with Crippen molar-refractivity contribution < 1.29 is 4.52 Å². The van der Waals surface area contributed by atoms with Crippen molar-refractivity contribution in [1.82, 2.24) is 24.5 Å². The SMILES string of the molecule is Cc1cc(Cc2cn3c(N)nc4c(-c5c(C)noc5C)cccc4c3n2)ccn1. The molecule has 0 unspecified atom stereocenters. The molecular weight excluding hydrogens is 364 g/mol. The monoisotopic (exact) mass is 384 g/mol. The minimum atomic E-state index is 0.399. The van der Waals surface area contributed by atoms with Crippen molar-refractivity contribution in [2.75, 3.05) is 5.73 Å². The van der Waals surface area contributed by atoms with Crippen LogP contribution in [-0.4, -0.2) is 24.5 Å². The lowest BCUT2D eigenvalue weighted by Crippen LogP contribution is -2.01. The summed E-state index contributed by atoms with van der Waals surface area (Å²) in [6.07, 6.45) is 4.48. The fraction of sp³-hybridized carbons (Fsp3) is 0.182. The third kappa shape index (κ3) is 2.82. The molecule has 2 N–H and O–H groups in total. The number of aryl methyl sites for hydroxylation is 3. The van der Waals surface area contributed by atoms with E-state index in [0.29, 0.717) is 12.4 Å². The first kappa shape index (κ1) is 17.4. The molecule has 0 spiro atoms. The number of nitrogens with zero attached hydrogens (tertiary/aromatic N) is 5. The lowest BCUT2D eigenvalue weighted by atomic mass is 10.0. The summed E-state index contributed by atoms with van der Waals surface area (Å²) in [5.74, 6) is 1.16. The number of imidazole rings is 1. The van der Waals surface area contributed by atoms with E-state index in [1.54, 1.807) is 0 Å². The number of benzene rings is 1. The molecule has 5 rings (SSSR count). The zero-order valence-electron chi connectivity index (χ0n) is 16.5. The van der Waals surface area contributed by atoms with Gasteiger partial charge in [0.2, 0.25) is 5.95 Å². The summed E-state index contributed by atoms with van der Waals surface area (Å²) >= 11 is 0. The second kappa shape index (κ2) is 6.41. The summed E-state index contributed by atoms with van der Waals surface area (Å²) in [7, 11) is 0. The van der Waals surface area contributed by atoms with Crippen LogP contribution in [0.25, 0.3) is 27.7 Å². The molecule has 0 aliphatic carbocycles. The van der Waals surface area contributed by atoms with Crippen molar-refractivity contribution in [2.45, 2.75) is 27.2 Å². The van der Waals surface area contributed by atoms with Crippen LogP contribution in [0.3, 0.4) is 0 Å². The Morgan fingerprint density at radius 1 is 1.10 bits per heavy atom. The quantitative estimate of drug-likeness (QED) is 0.505. The predicted octanol–water partition coefficient (Wildman–Crippen LogP) is 4.03. The number of hydrogen-bond donors (Lipinski definition) is 1. The molecule has 0 saturated carbocycles. The Kier molecular flexibility index (Phi) is 3.84. The molecule has 0 fully saturated rings. The second-order valence-electron chi connectivity index (χ2n) is 7.28. The molecule has 0 aliphatic heterocycles. The third-order valence-electron chi connectivity index (χ3n) is 5.15. The van der Waals surface area contributed by atoms with Gasteiger partial charge in [-0.1, -0.05) is 17.3 Å². The maximum Gasteiger partial charge on any atom is 0.206 e. The van der Waals surface area contributed by atoms with E-state index in [2.05, 4.69) is 16.2 Å². The van der Waals surface area contributed by atoms with E-state index in [9.17, 15) is 0 Å². The average molecular weight is 384 g/mol. The van der Waals surface area contributed by atoms with E-state index in [0.717, 1.165) is 56.1 Å². The molecule has 0 atom stereocenters. The lowest BCUT2D eigenvalue weighted by molar-refractivity contribution is 0.393. The smallest absolute Gasteiger partial charge is 0.206 e. The summed E-state index contributed by atoms with van der Waals surface area (Å²) in [4.78, 5) is 13.8. The van der Waals surface area contributed by atoms with Gasteiger partial charge < -0.3 is 10.3 Å². The topological polar surface area (TPSA) is 95.1 Å². The highest BCUT2D eigenvalue weighted by Crippen LogP contribution is 2.34. The molecule has 4 aromatic heterocycles. The molecule has 0 aliphatic rings. The number of aromatic nitrogens is 5. The molecule has 5 aromatic rings. The lowest BCUT2D eigenvalue weighted by Gasteiger charge is -2.08. The molecule has 7 nitrogen and oxygen atoms in total. The van der Waals surface area contributed by atoms with Crippen LogP contribution in [0.1, 0.15) is 28.4 Å². The van der Waals surface area contributed by atoms with Gasteiger partial charge >= 0.3 is 0 Å². The van der Waals surface area contributed by atoms with Gasteiger partial charge in [0.05, 0.1) is 16.9 Å². The highest BCUT2D eigenvalue weighted by molar-refractivity contribution is 6.02. The van der Waals surface area contributed by atoms with Crippen molar-refractivity contribution in [3.05, 3.63) is 71.1 Å². The number of hydrogen-bond acceptors (Lipinski definition) is 6. The molecule has 144 valence electrons. The molecule has 7 heteroatoms. The first-order valence-electron chi connectivity index (χ1n) is 9.42. The van der Waals surface area contributed by atoms with E-state index in [1.807, 2.05) is 61.8 Å². The van der Waals surface area contributed by atoms with Gasteiger partial charge in [0.1, 0.15) is 11.4 Å². The van der Waals surface area contributed by atoms with Crippen LogP contribution in [0.4, 0.5) is 5.95 Å². The van der Waals surface area contributed by atoms with Crippen molar-refractivity contribution >= 4 is 22.5 Å². The molecule has 0 amide bonds. The first-order chi connectivity index (χ1) is 14.0. The van der Waals surface area contributed by atoms with Gasteiger partial charge in [-0.15, -0.1) is 0 Å². The summed E-state index contributed by atoms with van der Waals surface area (Å²) in [6, 6.07) is 10.1. The number of pyridine rings is 1. The van der Waals surface area contributed by atoms with E-state index in [4.69, 9.17) is 20.2 Å². The van der Waals surface area contributed by atoms with Crippen LogP contribution in [0.5, 0.6) is 0 Å². The maximum atomic E-state index is 6.31. The fourth-order valence-corrected chi connectivity index (χ4v) is 3.88. The molecular formula is C22H20N6O. The summed E-state index contributed by atoms with van der Waals surface area (Å²) < 4.78 is 7.21. The van der Waals surface area contributed by atoms with Crippen LogP contribution in [0.2, 0.25) is 0 Å². The Hall–Kier alpha value is -3.74. The fourth-order valence-electron chi connectivity index (χ4n) is 3.88. The van der Waals surface area contributed by atoms with Crippen LogP contribution >= 0.6 is 0 Å². The number of para-hydroxylation sites is 1. The van der Waals surface area contributed by atoms with E-state index in [-0.39, 0.29) is 0 Å². The standard InChI is InChI=1S/C22H20N6O/c1-12-9-15(7-8-24-12)10-16-11-28-21(25-16)18-6-4-5-17(20(18)26-22(28)23)19-13(2)27-29-14(19)3/h4-9,11H,10H2,1-3H3,(H2,23,26). The van der Waals surface area contributed by atoms with Gasteiger partial charge in [-0.25, -0.2) is 9.97 Å². The Balaban J connectivity index is 1.71. The minimum absolute atomic E-state index is 0.399. The van der Waals surface area contributed by atoms with Crippen LogP contribution < -0.4 is 5.73 Å². The second-order valence-corrected chi connectivity index (χ2v) is 7.28. The number of fused-ring (bicyclic) bond motifs is 3. The van der Waals surface area contributed by atoms with Gasteiger partial charge in [-0.2, -0.15) is 0 Å². The Morgan fingerprint density at radius 3 is 2.72 bits per heavy atom. The van der Waals surface area contributed by atoms with Crippen molar-refractivity contribution in [3.8, 4) is 11.1 Å². The summed E-state index contributed by atoms with van der Waals surface area (Å²) in [6.45, 7) is 5.82. The van der Waals surface area contributed by atoms with Gasteiger partial charge in [0, 0.05) is 41.0 Å². The Morgan fingerprint density at radius 2 is 1.97 bits per heavy atom. The van der Waals surface area contributed by atoms with Crippen LogP contribution in [0, 0.1) is 20.8 Å². The zero-order valence-corrected chi connectivity index (χ0v) is 16.5. The maximum absolute atomic E-state index is 6.31. The van der Waals surface area contributed by atoms with E-state index in [1.165, 1.54) is 0 Å². The van der Waals surface area contributed by atoms with Crippen LogP contribution in [-0.2, 0) is 6.42 Å². The number of rotatable bonds is 3. The molecule has 0 saturated heterocycles. The Labute approximate surface area is 167 Å². The molecule has 29 heavy (non-hydrogen) atoms. The largest absolute Gasteiger partial charge is 0.369 e. The third-order valence-corrected chi connectivity index (χ3v) is 5.15. The summed E-state index contributed by atoms with van der Waals surface area (Å²) in [5, 5.41) is 5.02. The molecule has 0 bridgehead atoms. The van der Waals surface area contributed by atoms with E-state index < -0.39 is 0 Å². The highest BCUT2D eigenvalue weighted by Gasteiger charge is 2.18. The number of nitrogens with two attached hydrogens (primary N) is 1. The van der Waals surface area contributed by atoms with Gasteiger partial charge in [0.25, 0.3) is 0 Å². The first-order valence-corrected chi connectivity index (χ1v) is 9.42. The van der Waals surface area contributed by atoms with Crippen molar-refractivity contribution in [2.24, 2.45) is 0 Å². The molecule has 4 heterocycles. The number of nitrogen functional groups attached to an aromatic ring is 1. The zero-order chi connectivity index (χ0) is 20.1. The van der Waals surface area contributed by atoms with Gasteiger partial charge in [0.15, 0.2) is 0 Å². The normalized spacial score (nSPS) is 11.6. The van der Waals surface area contributed by atoms with Crippen molar-refractivity contribution in [3.63, 3.8) is 0 Å². The molecule has 0 radical (unpaired) electrons. The molecule has 1 aromatic carbocycles. The van der Waals surface area contributed by atoms with Gasteiger partial charge in [-0.05, 0) is 44.5 Å². The number of anilines is 1. The van der Waals surface area contributed by atoms with Gasteiger partial charge in [-0.3, -0.25) is 9.38 Å². The van der Waals surface area contributed by atoms with E-state index >= 15 is 0 Å². The predicted molar refractivity (Wildman–Crippen MR) is 112 cm³/mol. The Bertz CT molecular complexity index is 1360. The highest BCUT2D eigenvalue weighted by atomic mass is 16.5. The summed E-state index contributed by atoms with van der Waals surface area (Å²) in [5.41, 5.74) is 13.7.